The molecule has 4 aromatic rings. The smallest absolute Gasteiger partial charge is 0.109 e. The lowest BCUT2D eigenvalue weighted by Crippen LogP contribution is -2.15. The maximum Gasteiger partial charge on any atom is 0.109 e. The number of aromatic nitrogens is 3. The minimum Gasteiger partial charge on any atom is -0.316 e. The Morgan fingerprint density at radius 1 is 1.10 bits per heavy atom. The molecule has 3 heterocycles. The van der Waals surface area contributed by atoms with Crippen LogP contribution in [0, 0.1) is 17.2 Å². The molecule has 1 fully saturated rings. The van der Waals surface area contributed by atoms with Gasteiger partial charge in [-0.3, -0.25) is 4.68 Å². The minimum atomic E-state index is 0.586. The van der Waals surface area contributed by atoms with E-state index < -0.39 is 0 Å². The second kappa shape index (κ2) is 7.91. The standard InChI is InChI=1S/C24H20ClN5/c25-20-7-5-19(6-8-20)24-21(18-3-1-16(12-26)2-4-18)11-23-22(29-24)14-28-30(23)15-17-9-10-27-13-17/h1-8,11,14,17,27H,9-10,13,15H2/t17-/m0/s1. The summed E-state index contributed by atoms with van der Waals surface area (Å²) in [5.41, 5.74) is 6.45. The molecular formula is C24H20ClN5. The minimum absolute atomic E-state index is 0.586. The zero-order chi connectivity index (χ0) is 20.5. The molecule has 0 aliphatic carbocycles. The van der Waals surface area contributed by atoms with Crippen LogP contribution in [0.4, 0.5) is 0 Å². The largest absolute Gasteiger partial charge is 0.316 e. The Morgan fingerprint density at radius 3 is 2.57 bits per heavy atom. The zero-order valence-electron chi connectivity index (χ0n) is 16.3. The van der Waals surface area contributed by atoms with E-state index in [4.69, 9.17) is 21.8 Å². The number of benzene rings is 2. The van der Waals surface area contributed by atoms with Crippen molar-refractivity contribution in [3.8, 4) is 28.5 Å². The van der Waals surface area contributed by atoms with Gasteiger partial charge >= 0.3 is 0 Å². The summed E-state index contributed by atoms with van der Waals surface area (Å²) in [7, 11) is 0. The number of rotatable bonds is 4. The van der Waals surface area contributed by atoms with Crippen molar-refractivity contribution < 1.29 is 0 Å². The van der Waals surface area contributed by atoms with E-state index in [9.17, 15) is 0 Å². The third-order valence-corrected chi connectivity index (χ3v) is 5.92. The van der Waals surface area contributed by atoms with Crippen molar-refractivity contribution in [1.82, 2.24) is 20.1 Å². The van der Waals surface area contributed by atoms with Crippen molar-refractivity contribution in [2.75, 3.05) is 13.1 Å². The van der Waals surface area contributed by atoms with Crippen LogP contribution in [0.15, 0.2) is 60.8 Å². The van der Waals surface area contributed by atoms with Gasteiger partial charge in [-0.1, -0.05) is 35.9 Å². The molecule has 5 nitrogen and oxygen atoms in total. The van der Waals surface area contributed by atoms with Gasteiger partial charge in [0.15, 0.2) is 0 Å². The maximum absolute atomic E-state index is 9.15. The first-order valence-corrected chi connectivity index (χ1v) is 10.4. The molecule has 2 aromatic carbocycles. The summed E-state index contributed by atoms with van der Waals surface area (Å²) >= 11 is 6.10. The number of fused-ring (bicyclic) bond motifs is 1. The molecule has 0 saturated carbocycles. The van der Waals surface area contributed by atoms with Gasteiger partial charge in [0.05, 0.1) is 29.0 Å². The first-order valence-electron chi connectivity index (χ1n) is 10.0. The van der Waals surface area contributed by atoms with Gasteiger partial charge < -0.3 is 5.32 Å². The Balaban J connectivity index is 1.66. The second-order valence-corrected chi connectivity index (χ2v) is 8.11. The Bertz CT molecular complexity index is 1230. The highest BCUT2D eigenvalue weighted by Crippen LogP contribution is 2.34. The summed E-state index contributed by atoms with van der Waals surface area (Å²) in [5, 5.41) is 17.9. The first kappa shape index (κ1) is 18.8. The van der Waals surface area contributed by atoms with Crippen molar-refractivity contribution in [3.05, 3.63) is 71.4 Å². The average Bonchev–Trinajstić information content (AvgIpc) is 3.44. The van der Waals surface area contributed by atoms with E-state index >= 15 is 0 Å². The Labute approximate surface area is 179 Å². The van der Waals surface area contributed by atoms with E-state index in [1.54, 1.807) is 0 Å². The monoisotopic (exact) mass is 413 g/mol. The molecular weight excluding hydrogens is 394 g/mol. The predicted octanol–water partition coefficient (Wildman–Crippen LogP) is 4.90. The van der Waals surface area contributed by atoms with Gasteiger partial charge in [-0.25, -0.2) is 4.98 Å². The highest BCUT2D eigenvalue weighted by atomic mass is 35.5. The summed E-state index contributed by atoms with van der Waals surface area (Å²) in [6.07, 6.45) is 3.01. The molecule has 5 rings (SSSR count). The Morgan fingerprint density at radius 2 is 1.87 bits per heavy atom. The van der Waals surface area contributed by atoms with Crippen molar-refractivity contribution in [1.29, 1.82) is 5.26 Å². The molecule has 0 bridgehead atoms. The lowest BCUT2D eigenvalue weighted by molar-refractivity contribution is 0.459. The number of nitrogens with zero attached hydrogens (tertiary/aromatic N) is 4. The van der Waals surface area contributed by atoms with Crippen molar-refractivity contribution >= 4 is 22.6 Å². The molecule has 6 heteroatoms. The van der Waals surface area contributed by atoms with Gasteiger partial charge in [0.25, 0.3) is 0 Å². The number of hydrogen-bond acceptors (Lipinski definition) is 4. The highest BCUT2D eigenvalue weighted by Gasteiger charge is 2.19. The number of nitriles is 1. The molecule has 1 aliphatic heterocycles. The first-order chi connectivity index (χ1) is 14.7. The number of pyridine rings is 1. The molecule has 1 atom stereocenters. The van der Waals surface area contributed by atoms with Crippen LogP contribution < -0.4 is 5.32 Å². The fourth-order valence-corrected chi connectivity index (χ4v) is 4.16. The summed E-state index contributed by atoms with van der Waals surface area (Å²) < 4.78 is 2.07. The molecule has 0 radical (unpaired) electrons. The van der Waals surface area contributed by atoms with E-state index in [2.05, 4.69) is 27.2 Å². The Kier molecular flexibility index (Phi) is 4.96. The molecule has 2 aromatic heterocycles. The van der Waals surface area contributed by atoms with Gasteiger partial charge in [0.2, 0.25) is 0 Å². The summed E-state index contributed by atoms with van der Waals surface area (Å²) in [5.74, 6) is 0.586. The predicted molar refractivity (Wildman–Crippen MR) is 119 cm³/mol. The van der Waals surface area contributed by atoms with E-state index in [0.29, 0.717) is 16.5 Å². The molecule has 1 N–H and O–H groups in total. The number of hydrogen-bond donors (Lipinski definition) is 1. The van der Waals surface area contributed by atoms with E-state index in [1.807, 2.05) is 54.7 Å². The van der Waals surface area contributed by atoms with Crippen LogP contribution in [-0.2, 0) is 6.54 Å². The van der Waals surface area contributed by atoms with Crippen LogP contribution in [0.3, 0.4) is 0 Å². The topological polar surface area (TPSA) is 66.5 Å². The van der Waals surface area contributed by atoms with Gasteiger partial charge in [-0.15, -0.1) is 0 Å². The van der Waals surface area contributed by atoms with E-state index in [1.165, 1.54) is 6.42 Å². The molecule has 0 amide bonds. The number of halogens is 1. The van der Waals surface area contributed by atoms with Crippen LogP contribution >= 0.6 is 11.6 Å². The van der Waals surface area contributed by atoms with Crippen molar-refractivity contribution in [3.63, 3.8) is 0 Å². The summed E-state index contributed by atoms with van der Waals surface area (Å²) in [6.45, 7) is 2.98. The lowest BCUT2D eigenvalue weighted by atomic mass is 9.98. The third kappa shape index (κ3) is 3.56. The fraction of sp³-hybridized carbons (Fsp3) is 0.208. The van der Waals surface area contributed by atoms with Crippen LogP contribution in [0.5, 0.6) is 0 Å². The molecule has 148 valence electrons. The van der Waals surface area contributed by atoms with E-state index in [-0.39, 0.29) is 0 Å². The maximum atomic E-state index is 9.15. The van der Waals surface area contributed by atoms with Crippen molar-refractivity contribution in [2.24, 2.45) is 5.92 Å². The summed E-state index contributed by atoms with van der Waals surface area (Å²) in [4.78, 5) is 4.98. The molecule has 30 heavy (non-hydrogen) atoms. The van der Waals surface area contributed by atoms with Gasteiger partial charge in [0.1, 0.15) is 5.52 Å². The van der Waals surface area contributed by atoms with E-state index in [0.717, 1.165) is 53.1 Å². The van der Waals surface area contributed by atoms with Crippen LogP contribution in [0.1, 0.15) is 12.0 Å². The fourth-order valence-electron chi connectivity index (χ4n) is 4.04. The second-order valence-electron chi connectivity index (χ2n) is 7.67. The normalized spacial score (nSPS) is 16.1. The lowest BCUT2D eigenvalue weighted by Gasteiger charge is -2.13. The Hall–Kier alpha value is -3.20. The van der Waals surface area contributed by atoms with Gasteiger partial charge in [-0.05, 0) is 61.3 Å². The molecule has 1 aliphatic rings. The average molecular weight is 414 g/mol. The highest BCUT2D eigenvalue weighted by molar-refractivity contribution is 6.30. The molecule has 0 unspecified atom stereocenters. The quantitative estimate of drug-likeness (QED) is 0.516. The number of nitrogens with one attached hydrogen (secondary N) is 1. The van der Waals surface area contributed by atoms with Crippen LogP contribution in [0.2, 0.25) is 5.02 Å². The van der Waals surface area contributed by atoms with Crippen LogP contribution in [0.25, 0.3) is 33.4 Å². The summed E-state index contributed by atoms with van der Waals surface area (Å²) in [6, 6.07) is 19.7. The molecule has 0 spiro atoms. The third-order valence-electron chi connectivity index (χ3n) is 5.66. The van der Waals surface area contributed by atoms with Crippen LogP contribution in [-0.4, -0.2) is 27.9 Å². The molecule has 1 saturated heterocycles. The van der Waals surface area contributed by atoms with Gasteiger partial charge in [0, 0.05) is 22.7 Å². The van der Waals surface area contributed by atoms with Crippen molar-refractivity contribution in [2.45, 2.75) is 13.0 Å². The van der Waals surface area contributed by atoms with Gasteiger partial charge in [-0.2, -0.15) is 10.4 Å². The SMILES string of the molecule is N#Cc1ccc(-c2cc3c(cnn3C[C@H]3CCNC3)nc2-c2ccc(Cl)cc2)cc1. The zero-order valence-corrected chi connectivity index (χ0v) is 17.1.